The van der Waals surface area contributed by atoms with Gasteiger partial charge in [0.15, 0.2) is 5.69 Å². The number of nitriles is 1. The van der Waals surface area contributed by atoms with Gasteiger partial charge in [0, 0.05) is 6.04 Å². The van der Waals surface area contributed by atoms with Crippen LogP contribution in [0.2, 0.25) is 0 Å². The number of halogens is 1. The first kappa shape index (κ1) is 13.1. The molecule has 86 valence electrons. The van der Waals surface area contributed by atoms with Crippen molar-refractivity contribution in [1.29, 1.82) is 5.26 Å². The number of carbonyl (C=O) groups excluding carboxylic acids is 1. The lowest BCUT2D eigenvalue weighted by molar-refractivity contribution is 0.0931. The Labute approximate surface area is 107 Å². The molecule has 1 rings (SSSR count). The molecule has 0 unspecified atom stereocenters. The van der Waals surface area contributed by atoms with Crippen LogP contribution < -0.4 is 5.32 Å². The summed E-state index contributed by atoms with van der Waals surface area (Å²) in [7, 11) is 0. The summed E-state index contributed by atoms with van der Waals surface area (Å²) in [6, 6.07) is 1.95. The van der Waals surface area contributed by atoms with E-state index in [-0.39, 0.29) is 11.9 Å². The number of nitrogens with zero attached hydrogens (tertiary/aromatic N) is 2. The van der Waals surface area contributed by atoms with Crippen molar-refractivity contribution in [2.45, 2.75) is 32.7 Å². The van der Waals surface area contributed by atoms with Crippen molar-refractivity contribution < 1.29 is 4.79 Å². The number of carbonyl (C=O) groups is 1. The van der Waals surface area contributed by atoms with Gasteiger partial charge >= 0.3 is 0 Å². The van der Waals surface area contributed by atoms with Crippen LogP contribution in [0.25, 0.3) is 0 Å². The Bertz CT molecular complexity index is 424. The third-order valence-corrected chi connectivity index (χ3v) is 3.69. The van der Waals surface area contributed by atoms with E-state index in [1.165, 1.54) is 11.3 Å². The lowest BCUT2D eigenvalue weighted by Gasteiger charge is -2.12. The Morgan fingerprint density at radius 3 is 2.88 bits per heavy atom. The van der Waals surface area contributed by atoms with Crippen molar-refractivity contribution in [2.24, 2.45) is 0 Å². The SMILES string of the molecule is CC[C@@H](CC#N)NC(=O)c1nc(C)sc1Br. The largest absolute Gasteiger partial charge is 0.347 e. The van der Waals surface area contributed by atoms with Gasteiger partial charge in [0.25, 0.3) is 5.91 Å². The second-order valence-corrected chi connectivity index (χ2v) is 5.82. The van der Waals surface area contributed by atoms with Crippen molar-refractivity contribution in [3.8, 4) is 6.07 Å². The van der Waals surface area contributed by atoms with Gasteiger partial charge in [0.1, 0.15) is 3.79 Å². The minimum absolute atomic E-state index is 0.105. The van der Waals surface area contributed by atoms with Gasteiger partial charge in [-0.25, -0.2) is 4.98 Å². The second-order valence-electron chi connectivity index (χ2n) is 3.30. The van der Waals surface area contributed by atoms with Gasteiger partial charge in [0.05, 0.1) is 17.5 Å². The summed E-state index contributed by atoms with van der Waals surface area (Å²) >= 11 is 4.72. The van der Waals surface area contributed by atoms with Crippen LogP contribution in [0.15, 0.2) is 3.79 Å². The number of amides is 1. The number of aromatic nitrogens is 1. The Morgan fingerprint density at radius 1 is 1.75 bits per heavy atom. The molecule has 0 aliphatic rings. The molecule has 6 heteroatoms. The molecular formula is C10H12BrN3OS. The van der Waals surface area contributed by atoms with Crippen molar-refractivity contribution >= 4 is 33.2 Å². The van der Waals surface area contributed by atoms with E-state index in [9.17, 15) is 4.79 Å². The average molecular weight is 302 g/mol. The minimum atomic E-state index is -0.224. The molecule has 1 atom stereocenters. The molecular weight excluding hydrogens is 290 g/mol. The van der Waals surface area contributed by atoms with Gasteiger partial charge in [-0.15, -0.1) is 11.3 Å². The van der Waals surface area contributed by atoms with E-state index in [4.69, 9.17) is 5.26 Å². The third-order valence-electron chi connectivity index (χ3n) is 2.07. The number of rotatable bonds is 4. The van der Waals surface area contributed by atoms with E-state index in [0.717, 1.165) is 15.2 Å². The van der Waals surface area contributed by atoms with E-state index >= 15 is 0 Å². The fourth-order valence-corrected chi connectivity index (χ4v) is 2.81. The van der Waals surface area contributed by atoms with Crippen LogP contribution in [0, 0.1) is 18.3 Å². The van der Waals surface area contributed by atoms with Crippen LogP contribution in [0.1, 0.15) is 35.3 Å². The third kappa shape index (κ3) is 3.29. The van der Waals surface area contributed by atoms with E-state index < -0.39 is 0 Å². The van der Waals surface area contributed by atoms with Gasteiger partial charge in [-0.05, 0) is 29.3 Å². The van der Waals surface area contributed by atoms with Crippen LogP contribution in [0.3, 0.4) is 0 Å². The molecule has 1 N–H and O–H groups in total. The Kier molecular flexibility index (Phi) is 4.90. The number of hydrogen-bond donors (Lipinski definition) is 1. The fourth-order valence-electron chi connectivity index (χ4n) is 1.20. The molecule has 1 heterocycles. The molecule has 0 fully saturated rings. The van der Waals surface area contributed by atoms with Gasteiger partial charge in [-0.2, -0.15) is 5.26 Å². The van der Waals surface area contributed by atoms with Crippen LogP contribution in [0.5, 0.6) is 0 Å². The number of aryl methyl sites for hydroxylation is 1. The van der Waals surface area contributed by atoms with Gasteiger partial charge in [-0.3, -0.25) is 4.79 Å². The molecule has 0 bridgehead atoms. The summed E-state index contributed by atoms with van der Waals surface area (Å²) in [4.78, 5) is 16.0. The smallest absolute Gasteiger partial charge is 0.272 e. The summed E-state index contributed by atoms with van der Waals surface area (Å²) in [5, 5.41) is 12.2. The Balaban J connectivity index is 2.72. The van der Waals surface area contributed by atoms with E-state index in [1.807, 2.05) is 13.8 Å². The lowest BCUT2D eigenvalue weighted by atomic mass is 10.1. The quantitative estimate of drug-likeness (QED) is 0.929. The molecule has 1 aromatic rings. The monoisotopic (exact) mass is 301 g/mol. The molecule has 0 saturated carbocycles. The number of nitrogens with one attached hydrogen (secondary N) is 1. The van der Waals surface area contributed by atoms with E-state index in [0.29, 0.717) is 12.1 Å². The maximum Gasteiger partial charge on any atom is 0.272 e. The molecule has 0 spiro atoms. The summed E-state index contributed by atoms with van der Waals surface area (Å²) in [6.45, 7) is 3.78. The highest BCUT2D eigenvalue weighted by Gasteiger charge is 2.17. The highest BCUT2D eigenvalue weighted by atomic mass is 79.9. The molecule has 1 amide bonds. The molecule has 0 saturated heterocycles. The minimum Gasteiger partial charge on any atom is -0.347 e. The van der Waals surface area contributed by atoms with Crippen molar-refractivity contribution in [3.05, 3.63) is 14.5 Å². The number of thiazole rings is 1. The normalized spacial score (nSPS) is 11.9. The first-order valence-corrected chi connectivity index (χ1v) is 6.50. The highest BCUT2D eigenvalue weighted by molar-refractivity contribution is 9.11. The summed E-state index contributed by atoms with van der Waals surface area (Å²) in [6.07, 6.45) is 1.06. The molecule has 16 heavy (non-hydrogen) atoms. The molecule has 0 aromatic carbocycles. The topological polar surface area (TPSA) is 65.8 Å². The summed E-state index contributed by atoms with van der Waals surface area (Å²) in [5.41, 5.74) is 0.402. The summed E-state index contributed by atoms with van der Waals surface area (Å²) in [5.74, 6) is -0.224. The Morgan fingerprint density at radius 2 is 2.44 bits per heavy atom. The van der Waals surface area contributed by atoms with E-state index in [1.54, 1.807) is 0 Å². The van der Waals surface area contributed by atoms with E-state index in [2.05, 4.69) is 32.3 Å². The van der Waals surface area contributed by atoms with Gasteiger partial charge < -0.3 is 5.32 Å². The highest BCUT2D eigenvalue weighted by Crippen LogP contribution is 2.24. The van der Waals surface area contributed by atoms with Crippen molar-refractivity contribution in [2.75, 3.05) is 0 Å². The maximum absolute atomic E-state index is 11.8. The Hall–Kier alpha value is -0.930. The lowest BCUT2D eigenvalue weighted by Crippen LogP contribution is -2.34. The van der Waals surface area contributed by atoms with Crippen LogP contribution >= 0.6 is 27.3 Å². The first-order valence-electron chi connectivity index (χ1n) is 4.89. The van der Waals surface area contributed by atoms with Crippen molar-refractivity contribution in [1.82, 2.24) is 10.3 Å². The zero-order valence-corrected chi connectivity index (χ0v) is 11.5. The molecule has 0 radical (unpaired) electrons. The first-order chi connectivity index (χ1) is 7.58. The molecule has 1 aromatic heterocycles. The molecule has 0 aliphatic heterocycles. The number of hydrogen-bond acceptors (Lipinski definition) is 4. The standard InChI is InChI=1S/C10H12BrN3OS/c1-3-7(4-5-12)14-10(15)8-9(11)16-6(2)13-8/h7H,3-4H2,1-2H3,(H,14,15)/t7-/m0/s1. The van der Waals surface area contributed by atoms with Gasteiger partial charge in [-0.1, -0.05) is 6.92 Å². The molecule has 4 nitrogen and oxygen atoms in total. The van der Waals surface area contributed by atoms with Gasteiger partial charge in [0.2, 0.25) is 0 Å². The van der Waals surface area contributed by atoms with Crippen molar-refractivity contribution in [3.63, 3.8) is 0 Å². The predicted octanol–water partition coefficient (Wildman–Crippen LogP) is 2.64. The average Bonchev–Trinajstić information content (AvgIpc) is 2.57. The van der Waals surface area contributed by atoms with Crippen LogP contribution in [0.4, 0.5) is 0 Å². The van der Waals surface area contributed by atoms with Crippen LogP contribution in [-0.2, 0) is 0 Å². The zero-order chi connectivity index (χ0) is 12.1. The fraction of sp³-hybridized carbons (Fsp3) is 0.500. The van der Waals surface area contributed by atoms with Crippen LogP contribution in [-0.4, -0.2) is 16.9 Å². The summed E-state index contributed by atoms with van der Waals surface area (Å²) < 4.78 is 0.731. The molecule has 0 aliphatic carbocycles. The second kappa shape index (κ2) is 5.97. The maximum atomic E-state index is 11.8. The zero-order valence-electron chi connectivity index (χ0n) is 9.08. The predicted molar refractivity (Wildman–Crippen MR) is 66.3 cm³/mol.